The van der Waals surface area contributed by atoms with E-state index < -0.39 is 0 Å². The van der Waals surface area contributed by atoms with Crippen molar-refractivity contribution < 1.29 is 13.9 Å². The Balaban J connectivity index is 1.33. The zero-order valence-corrected chi connectivity index (χ0v) is 14.6. The van der Waals surface area contributed by atoms with Crippen molar-refractivity contribution in [3.05, 3.63) is 76.7 Å². The fourth-order valence-electron chi connectivity index (χ4n) is 2.97. The van der Waals surface area contributed by atoms with Crippen molar-refractivity contribution in [2.45, 2.75) is 26.6 Å². The van der Waals surface area contributed by atoms with E-state index in [4.69, 9.17) is 9.15 Å². The molecule has 0 saturated carbocycles. The van der Waals surface area contributed by atoms with Gasteiger partial charge in [-0.3, -0.25) is 4.79 Å². The van der Waals surface area contributed by atoms with Gasteiger partial charge in [-0.25, -0.2) is 4.98 Å². The van der Waals surface area contributed by atoms with Gasteiger partial charge in [0, 0.05) is 24.1 Å². The van der Waals surface area contributed by atoms with Gasteiger partial charge in [-0.2, -0.15) is 0 Å². The number of ether oxygens (including phenoxy) is 1. The van der Waals surface area contributed by atoms with Gasteiger partial charge in [-0.1, -0.05) is 23.8 Å². The number of benzene rings is 2. The maximum atomic E-state index is 12.3. The Morgan fingerprint density at radius 3 is 2.77 bits per heavy atom. The van der Waals surface area contributed by atoms with E-state index in [-0.39, 0.29) is 5.91 Å². The molecule has 26 heavy (non-hydrogen) atoms. The van der Waals surface area contributed by atoms with E-state index in [0.717, 1.165) is 22.4 Å². The highest BCUT2D eigenvalue weighted by molar-refractivity contribution is 5.94. The van der Waals surface area contributed by atoms with Gasteiger partial charge in [0.1, 0.15) is 6.26 Å². The largest absolute Gasteiger partial charge is 0.444 e. The molecule has 0 unspecified atom stereocenters. The topological polar surface area (TPSA) is 64.4 Å². The molecule has 5 heteroatoms. The number of hydrogen-bond acceptors (Lipinski definition) is 4. The molecule has 2 aromatic carbocycles. The molecule has 0 aliphatic carbocycles. The van der Waals surface area contributed by atoms with Gasteiger partial charge in [0.05, 0.1) is 18.9 Å². The summed E-state index contributed by atoms with van der Waals surface area (Å²) in [5.74, 6) is 0.520. The van der Waals surface area contributed by atoms with Crippen molar-refractivity contribution in [2.75, 3.05) is 6.54 Å². The molecule has 3 aromatic rings. The van der Waals surface area contributed by atoms with Gasteiger partial charge in [0.2, 0.25) is 5.89 Å². The molecule has 1 aliphatic rings. The highest BCUT2D eigenvalue weighted by atomic mass is 16.5. The smallest absolute Gasteiger partial charge is 0.251 e. The van der Waals surface area contributed by atoms with Crippen LogP contribution in [0.5, 0.6) is 0 Å². The summed E-state index contributed by atoms with van der Waals surface area (Å²) in [5.41, 5.74) is 5.88. The molecule has 0 saturated heterocycles. The van der Waals surface area contributed by atoms with E-state index >= 15 is 0 Å². The van der Waals surface area contributed by atoms with Crippen LogP contribution in [-0.2, 0) is 24.4 Å². The number of rotatable bonds is 5. The van der Waals surface area contributed by atoms with Crippen molar-refractivity contribution >= 4 is 5.91 Å². The lowest BCUT2D eigenvalue weighted by Gasteiger charge is -2.05. The Hall–Kier alpha value is -2.92. The van der Waals surface area contributed by atoms with Gasteiger partial charge in [0.25, 0.3) is 5.91 Å². The number of oxazole rings is 1. The minimum Gasteiger partial charge on any atom is -0.444 e. The number of aromatic nitrogens is 1. The predicted octanol–water partition coefficient (Wildman–Crippen LogP) is 3.65. The lowest BCUT2D eigenvalue weighted by atomic mass is 10.1. The van der Waals surface area contributed by atoms with Crippen LogP contribution in [0.4, 0.5) is 0 Å². The second-order valence-corrected chi connectivity index (χ2v) is 6.49. The molecule has 5 nitrogen and oxygen atoms in total. The molecular formula is C21H20N2O3. The molecular weight excluding hydrogens is 328 g/mol. The molecule has 1 amide bonds. The molecule has 4 rings (SSSR count). The van der Waals surface area contributed by atoms with Crippen LogP contribution in [0.25, 0.3) is 11.5 Å². The summed E-state index contributed by atoms with van der Waals surface area (Å²) in [6.07, 6.45) is 2.27. The molecule has 1 N–H and O–H groups in total. The van der Waals surface area contributed by atoms with Crippen molar-refractivity contribution in [2.24, 2.45) is 0 Å². The third-order valence-corrected chi connectivity index (χ3v) is 4.50. The van der Waals surface area contributed by atoms with E-state index in [2.05, 4.69) is 10.3 Å². The molecule has 1 aromatic heterocycles. The zero-order valence-electron chi connectivity index (χ0n) is 14.6. The Kier molecular flexibility index (Phi) is 4.54. The summed E-state index contributed by atoms with van der Waals surface area (Å²) in [4.78, 5) is 16.8. The SMILES string of the molecule is Cc1ccc(-c2nc(CCNC(=O)c3ccc4c(c3)COC4)co2)cc1. The molecule has 0 bridgehead atoms. The van der Waals surface area contributed by atoms with Gasteiger partial charge in [0.15, 0.2) is 0 Å². The van der Waals surface area contributed by atoms with Crippen molar-refractivity contribution in [1.29, 1.82) is 0 Å². The van der Waals surface area contributed by atoms with Crippen LogP contribution in [0.2, 0.25) is 0 Å². The number of nitrogens with zero attached hydrogens (tertiary/aromatic N) is 1. The summed E-state index contributed by atoms with van der Waals surface area (Å²) in [5, 5.41) is 2.93. The Morgan fingerprint density at radius 1 is 1.12 bits per heavy atom. The first-order valence-electron chi connectivity index (χ1n) is 8.68. The number of carbonyl (C=O) groups is 1. The van der Waals surface area contributed by atoms with Crippen LogP contribution >= 0.6 is 0 Å². The van der Waals surface area contributed by atoms with Crippen LogP contribution < -0.4 is 5.32 Å². The molecule has 0 fully saturated rings. The fourth-order valence-corrected chi connectivity index (χ4v) is 2.97. The Labute approximate surface area is 152 Å². The van der Waals surface area contributed by atoms with Crippen LogP contribution in [-0.4, -0.2) is 17.4 Å². The average Bonchev–Trinajstić information content (AvgIpc) is 3.31. The number of carbonyl (C=O) groups excluding carboxylic acids is 1. The number of aryl methyl sites for hydroxylation is 1. The number of nitrogens with one attached hydrogen (secondary N) is 1. The summed E-state index contributed by atoms with van der Waals surface area (Å²) < 4.78 is 10.9. The first-order chi connectivity index (χ1) is 12.7. The highest BCUT2D eigenvalue weighted by Crippen LogP contribution is 2.21. The van der Waals surface area contributed by atoms with E-state index in [9.17, 15) is 4.79 Å². The summed E-state index contributed by atoms with van der Waals surface area (Å²) in [7, 11) is 0. The predicted molar refractivity (Wildman–Crippen MR) is 97.6 cm³/mol. The van der Waals surface area contributed by atoms with Gasteiger partial charge in [-0.05, 0) is 42.3 Å². The lowest BCUT2D eigenvalue weighted by Crippen LogP contribution is -2.25. The standard InChI is InChI=1S/C21H20N2O3/c1-14-2-4-15(5-3-14)21-23-19(13-26-21)8-9-22-20(24)16-6-7-17-11-25-12-18(17)10-16/h2-7,10,13H,8-9,11-12H2,1H3,(H,22,24). The lowest BCUT2D eigenvalue weighted by molar-refractivity contribution is 0.0954. The van der Waals surface area contributed by atoms with Crippen molar-refractivity contribution in [3.63, 3.8) is 0 Å². The summed E-state index contributed by atoms with van der Waals surface area (Å²) >= 11 is 0. The number of amides is 1. The van der Waals surface area contributed by atoms with Gasteiger partial charge in [-0.15, -0.1) is 0 Å². The third-order valence-electron chi connectivity index (χ3n) is 4.50. The molecule has 0 radical (unpaired) electrons. The highest BCUT2D eigenvalue weighted by Gasteiger charge is 2.14. The molecule has 132 valence electrons. The quantitative estimate of drug-likeness (QED) is 0.764. The van der Waals surface area contributed by atoms with Crippen LogP contribution in [0.3, 0.4) is 0 Å². The van der Waals surface area contributed by atoms with Crippen molar-refractivity contribution in [3.8, 4) is 11.5 Å². The Morgan fingerprint density at radius 2 is 1.92 bits per heavy atom. The summed E-state index contributed by atoms with van der Waals surface area (Å²) in [6.45, 7) is 3.76. The van der Waals surface area contributed by atoms with Gasteiger partial charge >= 0.3 is 0 Å². The van der Waals surface area contributed by atoms with E-state index in [1.165, 1.54) is 5.56 Å². The number of hydrogen-bond donors (Lipinski definition) is 1. The average molecular weight is 348 g/mol. The number of fused-ring (bicyclic) bond motifs is 1. The molecule has 1 aliphatic heterocycles. The first kappa shape index (κ1) is 16.5. The normalized spacial score (nSPS) is 12.8. The first-order valence-corrected chi connectivity index (χ1v) is 8.68. The molecule has 0 spiro atoms. The van der Waals surface area contributed by atoms with Gasteiger partial charge < -0.3 is 14.5 Å². The third kappa shape index (κ3) is 3.53. The van der Waals surface area contributed by atoms with Crippen LogP contribution in [0.15, 0.2) is 53.1 Å². The van der Waals surface area contributed by atoms with E-state index in [1.807, 2.05) is 49.4 Å². The van der Waals surface area contributed by atoms with Crippen LogP contribution in [0.1, 0.15) is 32.7 Å². The van der Waals surface area contributed by atoms with E-state index in [1.54, 1.807) is 6.26 Å². The fraction of sp³-hybridized carbons (Fsp3) is 0.238. The van der Waals surface area contributed by atoms with Crippen molar-refractivity contribution in [1.82, 2.24) is 10.3 Å². The maximum absolute atomic E-state index is 12.3. The minimum absolute atomic E-state index is 0.0815. The molecule has 2 heterocycles. The van der Waals surface area contributed by atoms with E-state index in [0.29, 0.717) is 37.6 Å². The second kappa shape index (κ2) is 7.14. The Bertz CT molecular complexity index is 929. The molecule has 0 atom stereocenters. The minimum atomic E-state index is -0.0815. The summed E-state index contributed by atoms with van der Waals surface area (Å²) in [6, 6.07) is 13.7. The monoisotopic (exact) mass is 348 g/mol. The maximum Gasteiger partial charge on any atom is 0.251 e. The zero-order chi connectivity index (χ0) is 17.9. The van der Waals surface area contributed by atoms with Crippen LogP contribution in [0, 0.1) is 6.92 Å². The second-order valence-electron chi connectivity index (χ2n) is 6.49.